The van der Waals surface area contributed by atoms with Crippen LogP contribution in [0.5, 0.6) is 5.75 Å². The zero-order valence-electron chi connectivity index (χ0n) is 22.1. The van der Waals surface area contributed by atoms with Crippen molar-refractivity contribution in [2.45, 2.75) is 26.1 Å². The van der Waals surface area contributed by atoms with E-state index in [9.17, 15) is 9.59 Å². The first-order valence-electron chi connectivity index (χ1n) is 12.8. The molecule has 1 unspecified atom stereocenters. The number of fused-ring (bicyclic) bond motifs is 1. The Morgan fingerprint density at radius 1 is 0.975 bits per heavy atom. The Balaban J connectivity index is 1.62. The fourth-order valence-electron chi connectivity index (χ4n) is 4.62. The normalized spacial score (nSPS) is 11.7. The summed E-state index contributed by atoms with van der Waals surface area (Å²) >= 11 is 0. The molecule has 1 aromatic heterocycles. The van der Waals surface area contributed by atoms with Gasteiger partial charge in [-0.15, -0.1) is 5.10 Å². The molecule has 2 amide bonds. The Morgan fingerprint density at radius 2 is 1.70 bits per heavy atom. The van der Waals surface area contributed by atoms with Gasteiger partial charge in [0.15, 0.2) is 0 Å². The van der Waals surface area contributed by atoms with Gasteiger partial charge in [0.1, 0.15) is 29.7 Å². The molecule has 0 bridgehead atoms. The molecule has 0 aliphatic carbocycles. The number of benzene rings is 4. The zero-order chi connectivity index (χ0) is 28.1. The molecule has 0 radical (unpaired) electrons. The van der Waals surface area contributed by atoms with E-state index in [0.717, 1.165) is 11.1 Å². The summed E-state index contributed by atoms with van der Waals surface area (Å²) in [4.78, 5) is 29.5. The largest absolute Gasteiger partial charge is 0.495 e. The van der Waals surface area contributed by atoms with Gasteiger partial charge in [-0.2, -0.15) is 0 Å². The molecule has 1 atom stereocenters. The van der Waals surface area contributed by atoms with Crippen LogP contribution in [0.1, 0.15) is 22.7 Å². The van der Waals surface area contributed by atoms with Crippen molar-refractivity contribution < 1.29 is 18.7 Å². The van der Waals surface area contributed by atoms with Crippen LogP contribution in [0.3, 0.4) is 0 Å². The molecule has 5 rings (SSSR count). The van der Waals surface area contributed by atoms with Crippen LogP contribution in [-0.2, 0) is 22.7 Å². The van der Waals surface area contributed by atoms with Crippen LogP contribution in [-0.4, -0.2) is 33.9 Å². The molecule has 0 saturated carbocycles. The van der Waals surface area contributed by atoms with Gasteiger partial charge < -0.3 is 10.1 Å². The van der Waals surface area contributed by atoms with E-state index >= 15 is 4.39 Å². The Morgan fingerprint density at radius 3 is 2.48 bits per heavy atom. The number of aromatic nitrogens is 3. The van der Waals surface area contributed by atoms with Gasteiger partial charge in [0.25, 0.3) is 0 Å². The maximum atomic E-state index is 15.4. The van der Waals surface area contributed by atoms with Gasteiger partial charge >= 0.3 is 0 Å². The average molecular weight is 538 g/mol. The van der Waals surface area contributed by atoms with Gasteiger partial charge in [0, 0.05) is 12.1 Å². The molecular weight excluding hydrogens is 509 g/mol. The van der Waals surface area contributed by atoms with E-state index in [1.165, 1.54) is 28.8 Å². The number of hydrogen-bond donors (Lipinski definition) is 1. The minimum absolute atomic E-state index is 0.0495. The number of amides is 2. The highest BCUT2D eigenvalue weighted by atomic mass is 19.1. The van der Waals surface area contributed by atoms with Crippen LogP contribution in [0.2, 0.25) is 0 Å². The Labute approximate surface area is 231 Å². The molecule has 1 heterocycles. The lowest BCUT2D eigenvalue weighted by molar-refractivity contribution is -0.127. The summed E-state index contributed by atoms with van der Waals surface area (Å²) in [5, 5.41) is 11.2. The van der Waals surface area contributed by atoms with E-state index in [-0.39, 0.29) is 18.7 Å². The van der Waals surface area contributed by atoms with Crippen molar-refractivity contribution >= 4 is 28.5 Å². The SMILES string of the molecule is COc1ccc(C)cc1N(C(=O)Cn1nnc2ccccc21)C(C(=O)NCc1ccccc1)c1ccccc1F. The molecule has 0 spiro atoms. The molecule has 0 aliphatic rings. The molecule has 5 aromatic rings. The number of anilines is 1. The van der Waals surface area contributed by atoms with Crippen molar-refractivity contribution in [2.24, 2.45) is 0 Å². The summed E-state index contributed by atoms with van der Waals surface area (Å²) in [5.74, 6) is -1.30. The molecule has 40 heavy (non-hydrogen) atoms. The number of rotatable bonds is 9. The fourth-order valence-corrected chi connectivity index (χ4v) is 4.62. The van der Waals surface area contributed by atoms with Gasteiger partial charge in [-0.1, -0.05) is 71.9 Å². The van der Waals surface area contributed by atoms with Crippen LogP contribution < -0.4 is 15.0 Å². The molecule has 202 valence electrons. The third-order valence-corrected chi connectivity index (χ3v) is 6.58. The molecule has 1 N–H and O–H groups in total. The van der Waals surface area contributed by atoms with E-state index < -0.39 is 23.7 Å². The maximum Gasteiger partial charge on any atom is 0.249 e. The molecule has 4 aromatic carbocycles. The van der Waals surface area contributed by atoms with Crippen molar-refractivity contribution in [1.82, 2.24) is 20.3 Å². The van der Waals surface area contributed by atoms with Crippen molar-refractivity contribution in [2.75, 3.05) is 12.0 Å². The van der Waals surface area contributed by atoms with Gasteiger partial charge in [-0.05, 0) is 48.4 Å². The minimum atomic E-state index is -1.34. The molecule has 0 saturated heterocycles. The third-order valence-electron chi connectivity index (χ3n) is 6.58. The number of aryl methyl sites for hydroxylation is 1. The summed E-state index contributed by atoms with van der Waals surface area (Å²) in [5.41, 5.74) is 3.36. The lowest BCUT2D eigenvalue weighted by Crippen LogP contribution is -2.45. The topological polar surface area (TPSA) is 89.3 Å². The van der Waals surface area contributed by atoms with Crippen LogP contribution in [0.25, 0.3) is 11.0 Å². The van der Waals surface area contributed by atoms with Crippen molar-refractivity contribution in [3.05, 3.63) is 120 Å². The van der Waals surface area contributed by atoms with E-state index in [4.69, 9.17) is 4.74 Å². The van der Waals surface area contributed by atoms with Gasteiger partial charge in [-0.25, -0.2) is 9.07 Å². The lowest BCUT2D eigenvalue weighted by atomic mass is 10.0. The minimum Gasteiger partial charge on any atom is -0.495 e. The smallest absolute Gasteiger partial charge is 0.249 e. The number of hydrogen-bond acceptors (Lipinski definition) is 5. The predicted molar refractivity (Wildman–Crippen MR) is 150 cm³/mol. The Kier molecular flexibility index (Phi) is 7.82. The maximum absolute atomic E-state index is 15.4. The van der Waals surface area contributed by atoms with Crippen molar-refractivity contribution in [3.63, 3.8) is 0 Å². The van der Waals surface area contributed by atoms with Crippen LogP contribution >= 0.6 is 0 Å². The first-order valence-corrected chi connectivity index (χ1v) is 12.8. The third kappa shape index (κ3) is 5.54. The highest BCUT2D eigenvalue weighted by Crippen LogP contribution is 2.37. The summed E-state index contributed by atoms with van der Waals surface area (Å²) in [6.07, 6.45) is 0. The number of ether oxygens (including phenoxy) is 1. The van der Waals surface area contributed by atoms with E-state index in [0.29, 0.717) is 22.5 Å². The molecule has 9 heteroatoms. The first kappa shape index (κ1) is 26.6. The van der Waals surface area contributed by atoms with Crippen LogP contribution in [0, 0.1) is 12.7 Å². The van der Waals surface area contributed by atoms with Gasteiger partial charge in [0.05, 0.1) is 18.3 Å². The van der Waals surface area contributed by atoms with Crippen molar-refractivity contribution in [1.29, 1.82) is 0 Å². The number of halogens is 1. The number of carbonyl (C=O) groups excluding carboxylic acids is 2. The molecule has 0 fully saturated rings. The second-order valence-electron chi connectivity index (χ2n) is 9.30. The monoisotopic (exact) mass is 537 g/mol. The summed E-state index contributed by atoms with van der Waals surface area (Å²) in [6.45, 7) is 1.82. The van der Waals surface area contributed by atoms with Gasteiger partial charge in [-0.3, -0.25) is 14.5 Å². The molecular formula is C31H28FN5O3. The lowest BCUT2D eigenvalue weighted by Gasteiger charge is -2.33. The fraction of sp³-hybridized carbons (Fsp3) is 0.161. The average Bonchev–Trinajstić information content (AvgIpc) is 3.38. The van der Waals surface area contributed by atoms with Crippen molar-refractivity contribution in [3.8, 4) is 5.75 Å². The summed E-state index contributed by atoms with van der Waals surface area (Å²) in [6, 6.07) is 26.5. The summed E-state index contributed by atoms with van der Waals surface area (Å²) < 4.78 is 22.4. The quantitative estimate of drug-likeness (QED) is 0.287. The highest BCUT2D eigenvalue weighted by Gasteiger charge is 2.36. The number of para-hydroxylation sites is 1. The predicted octanol–water partition coefficient (Wildman–Crippen LogP) is 4.98. The second-order valence-corrected chi connectivity index (χ2v) is 9.30. The van der Waals surface area contributed by atoms with Gasteiger partial charge in [0.2, 0.25) is 11.8 Å². The number of methoxy groups -OCH3 is 1. The highest BCUT2D eigenvalue weighted by molar-refractivity contribution is 6.02. The van der Waals surface area contributed by atoms with E-state index in [1.807, 2.05) is 55.5 Å². The molecule has 0 aliphatic heterocycles. The Hall–Kier alpha value is -5.05. The number of nitrogens with zero attached hydrogens (tertiary/aromatic N) is 4. The second kappa shape index (κ2) is 11.8. The van der Waals surface area contributed by atoms with Crippen LogP contribution in [0.15, 0.2) is 97.1 Å². The standard InChI is InChI=1S/C31H28FN5O3/c1-21-16-17-28(40-2)27(18-21)37(29(38)20-36-26-15-9-8-14-25(26)34-35-36)30(23-12-6-7-13-24(23)32)31(39)33-19-22-10-4-3-5-11-22/h3-18,30H,19-20H2,1-2H3,(H,33,39). The van der Waals surface area contributed by atoms with Crippen LogP contribution in [0.4, 0.5) is 10.1 Å². The first-order chi connectivity index (χ1) is 19.5. The summed E-state index contributed by atoms with van der Waals surface area (Å²) in [7, 11) is 1.48. The van der Waals surface area contributed by atoms with E-state index in [2.05, 4.69) is 15.6 Å². The van der Waals surface area contributed by atoms with E-state index in [1.54, 1.807) is 36.4 Å². The Bertz CT molecular complexity index is 1650. The number of nitrogens with one attached hydrogen (secondary N) is 1. The zero-order valence-corrected chi connectivity index (χ0v) is 22.1. The molecule has 8 nitrogen and oxygen atoms in total. The number of carbonyl (C=O) groups is 2.